The Morgan fingerprint density at radius 2 is 2.00 bits per heavy atom. The normalized spacial score (nSPS) is 28.0. The molecule has 0 radical (unpaired) electrons. The molecule has 0 bridgehead atoms. The third-order valence-electron chi connectivity index (χ3n) is 5.74. The van der Waals surface area contributed by atoms with Gasteiger partial charge in [0.05, 0.1) is 24.6 Å². The average molecular weight is 399 g/mol. The average Bonchev–Trinajstić information content (AvgIpc) is 2.95. The first kappa shape index (κ1) is 22.4. The topological polar surface area (TPSA) is 83.8 Å². The van der Waals surface area contributed by atoms with Crippen molar-refractivity contribution in [2.45, 2.75) is 81.7 Å². The molecule has 0 heterocycles. The number of thioether (sulfide) groups is 1. The van der Waals surface area contributed by atoms with Crippen LogP contribution in [0.3, 0.4) is 0 Å². The van der Waals surface area contributed by atoms with Crippen LogP contribution < -0.4 is 0 Å². The van der Waals surface area contributed by atoms with Crippen LogP contribution >= 0.6 is 11.8 Å². The Morgan fingerprint density at radius 1 is 1.26 bits per heavy atom. The lowest BCUT2D eigenvalue weighted by atomic mass is 9.85. The number of hydrogen-bond acceptors (Lipinski definition) is 6. The highest BCUT2D eigenvalue weighted by Crippen LogP contribution is 2.35. The molecule has 2 rings (SSSR count). The summed E-state index contributed by atoms with van der Waals surface area (Å²) in [5.74, 6) is 0.850. The van der Waals surface area contributed by atoms with Crippen LogP contribution in [0.4, 0.5) is 0 Å². The highest BCUT2D eigenvalue weighted by Gasteiger charge is 2.40. The summed E-state index contributed by atoms with van der Waals surface area (Å²) in [7, 11) is 1.40. The maximum Gasteiger partial charge on any atom is 0.305 e. The molecular weight excluding hydrogens is 364 g/mol. The molecule has 2 saturated carbocycles. The van der Waals surface area contributed by atoms with Gasteiger partial charge in [-0.25, -0.2) is 0 Å². The summed E-state index contributed by atoms with van der Waals surface area (Å²) in [5, 5.41) is 20.5. The van der Waals surface area contributed by atoms with Crippen molar-refractivity contribution in [3.8, 4) is 0 Å². The Balaban J connectivity index is 1.77. The molecule has 2 aliphatic carbocycles. The van der Waals surface area contributed by atoms with Crippen LogP contribution in [0, 0.1) is 11.8 Å². The van der Waals surface area contributed by atoms with Crippen molar-refractivity contribution >= 4 is 23.5 Å². The van der Waals surface area contributed by atoms with Gasteiger partial charge in [0, 0.05) is 18.8 Å². The smallest absolute Gasteiger partial charge is 0.305 e. The summed E-state index contributed by atoms with van der Waals surface area (Å²) < 4.78 is 4.62. The maximum atomic E-state index is 12.3. The van der Waals surface area contributed by atoms with Crippen molar-refractivity contribution in [2.24, 2.45) is 11.8 Å². The largest absolute Gasteiger partial charge is 0.469 e. The van der Waals surface area contributed by atoms with Gasteiger partial charge in [-0.2, -0.15) is 0 Å². The number of carbonyl (C=O) groups excluding carboxylic acids is 2. The van der Waals surface area contributed by atoms with Gasteiger partial charge < -0.3 is 14.9 Å². The fraction of sp³-hybridized carbons (Fsp3) is 0.810. The van der Waals surface area contributed by atoms with E-state index >= 15 is 0 Å². The van der Waals surface area contributed by atoms with E-state index in [1.54, 1.807) is 11.8 Å². The summed E-state index contributed by atoms with van der Waals surface area (Å²) >= 11 is 1.60. The molecule has 0 aliphatic heterocycles. The summed E-state index contributed by atoms with van der Waals surface area (Å²) in [4.78, 5) is 23.3. The predicted molar refractivity (Wildman–Crippen MR) is 108 cm³/mol. The van der Waals surface area contributed by atoms with Crippen LogP contribution in [0.1, 0.15) is 64.2 Å². The maximum absolute atomic E-state index is 12.3. The SMILES string of the molecule is COC(=O)CCCCCSC1C(=O)C[C@@H](O)C1/C=C/[C@@H](O)C1CCCCC1. The Bertz CT molecular complexity index is 501. The molecular formula is C21H34O5S. The van der Waals surface area contributed by atoms with E-state index in [-0.39, 0.29) is 29.3 Å². The van der Waals surface area contributed by atoms with Crippen molar-refractivity contribution in [1.82, 2.24) is 0 Å². The van der Waals surface area contributed by atoms with E-state index in [4.69, 9.17) is 0 Å². The fourth-order valence-corrected chi connectivity index (χ4v) is 5.44. The second kappa shape index (κ2) is 11.9. The van der Waals surface area contributed by atoms with Gasteiger partial charge in [0.15, 0.2) is 0 Å². The Morgan fingerprint density at radius 3 is 2.70 bits per heavy atom. The lowest BCUT2D eigenvalue weighted by Crippen LogP contribution is -2.24. The van der Waals surface area contributed by atoms with E-state index < -0.39 is 12.2 Å². The number of esters is 1. The third-order valence-corrected chi connectivity index (χ3v) is 7.20. The van der Waals surface area contributed by atoms with Crippen molar-refractivity contribution in [1.29, 1.82) is 0 Å². The van der Waals surface area contributed by atoms with E-state index in [0.717, 1.165) is 37.9 Å². The lowest BCUT2D eigenvalue weighted by Gasteiger charge is -2.25. The van der Waals surface area contributed by atoms with Crippen LogP contribution in [-0.2, 0) is 14.3 Å². The molecule has 2 unspecified atom stereocenters. The Hall–Kier alpha value is -0.850. The molecule has 154 valence electrons. The minimum Gasteiger partial charge on any atom is -0.469 e. The van der Waals surface area contributed by atoms with Gasteiger partial charge in [0.25, 0.3) is 0 Å². The van der Waals surface area contributed by atoms with Gasteiger partial charge in [-0.1, -0.05) is 37.8 Å². The number of methoxy groups -OCH3 is 1. The van der Waals surface area contributed by atoms with Gasteiger partial charge >= 0.3 is 5.97 Å². The summed E-state index contributed by atoms with van der Waals surface area (Å²) in [6, 6.07) is 0. The molecule has 2 fully saturated rings. The molecule has 0 aromatic rings. The van der Waals surface area contributed by atoms with Gasteiger partial charge in [-0.3, -0.25) is 9.59 Å². The number of hydrogen-bond donors (Lipinski definition) is 2. The summed E-state index contributed by atoms with van der Waals surface area (Å²) in [6.45, 7) is 0. The second-order valence-corrected chi connectivity index (χ2v) is 9.02. The van der Waals surface area contributed by atoms with Gasteiger partial charge in [-0.15, -0.1) is 11.8 Å². The second-order valence-electron chi connectivity index (χ2n) is 7.77. The number of carbonyl (C=O) groups is 2. The third kappa shape index (κ3) is 7.24. The van der Waals surface area contributed by atoms with Crippen LogP contribution in [0.15, 0.2) is 12.2 Å². The molecule has 6 heteroatoms. The van der Waals surface area contributed by atoms with Crippen molar-refractivity contribution in [3.05, 3.63) is 12.2 Å². The molecule has 4 atom stereocenters. The molecule has 2 N–H and O–H groups in total. The Kier molecular flexibility index (Phi) is 9.87. The summed E-state index contributed by atoms with van der Waals surface area (Å²) in [5.41, 5.74) is 0. The van der Waals surface area contributed by atoms with Crippen LogP contribution in [0.25, 0.3) is 0 Å². The zero-order valence-corrected chi connectivity index (χ0v) is 17.2. The van der Waals surface area contributed by atoms with E-state index in [0.29, 0.717) is 12.3 Å². The van der Waals surface area contributed by atoms with Crippen LogP contribution in [-0.4, -0.2) is 52.3 Å². The van der Waals surface area contributed by atoms with Gasteiger partial charge in [0.1, 0.15) is 5.78 Å². The zero-order valence-electron chi connectivity index (χ0n) is 16.3. The molecule has 0 amide bonds. The number of aliphatic hydroxyl groups excluding tert-OH is 2. The van der Waals surface area contributed by atoms with Gasteiger partial charge in [-0.05, 0) is 37.4 Å². The predicted octanol–water partition coefficient (Wildman–Crippen LogP) is 3.27. The first-order valence-electron chi connectivity index (χ1n) is 10.3. The van der Waals surface area contributed by atoms with E-state index in [1.165, 1.54) is 26.4 Å². The zero-order chi connectivity index (χ0) is 19.6. The monoisotopic (exact) mass is 398 g/mol. The van der Waals surface area contributed by atoms with Crippen molar-refractivity contribution < 1.29 is 24.5 Å². The fourth-order valence-electron chi connectivity index (χ4n) is 4.04. The highest BCUT2D eigenvalue weighted by molar-refractivity contribution is 8.00. The summed E-state index contributed by atoms with van der Waals surface area (Å²) in [6.07, 6.45) is 11.6. The highest BCUT2D eigenvalue weighted by atomic mass is 32.2. The van der Waals surface area contributed by atoms with Crippen LogP contribution in [0.5, 0.6) is 0 Å². The molecule has 0 aromatic heterocycles. The molecule has 0 aromatic carbocycles. The van der Waals surface area contributed by atoms with Crippen LogP contribution in [0.2, 0.25) is 0 Å². The van der Waals surface area contributed by atoms with E-state index in [1.807, 2.05) is 12.2 Å². The number of rotatable bonds is 10. The number of Topliss-reactive ketones (excluding diaryl/α,β-unsaturated/α-hetero) is 1. The molecule has 0 spiro atoms. The molecule has 0 saturated heterocycles. The van der Waals surface area contributed by atoms with Crippen molar-refractivity contribution in [2.75, 3.05) is 12.9 Å². The standard InChI is InChI=1S/C21H34O5S/c1-26-20(25)10-6-3-7-13-27-21-16(18(23)14-19(21)24)11-12-17(22)15-8-4-2-5-9-15/h11-12,15-18,21-23H,2-10,13-14H2,1H3/b12-11+/t16?,17-,18-,21?/m1/s1. The van der Waals surface area contributed by atoms with Gasteiger partial charge in [0.2, 0.25) is 0 Å². The lowest BCUT2D eigenvalue weighted by molar-refractivity contribution is -0.140. The van der Waals surface area contributed by atoms with Crippen molar-refractivity contribution in [3.63, 3.8) is 0 Å². The minimum atomic E-state index is -0.649. The Labute approximate surface area is 166 Å². The molecule has 2 aliphatic rings. The quantitative estimate of drug-likeness (QED) is 0.334. The first-order chi connectivity index (χ1) is 13.0. The number of ether oxygens (including phenoxy) is 1. The van der Waals surface area contributed by atoms with E-state index in [2.05, 4.69) is 4.74 Å². The minimum absolute atomic E-state index is 0.101. The number of aliphatic hydroxyl groups is 2. The van der Waals surface area contributed by atoms with E-state index in [9.17, 15) is 19.8 Å². The number of unbranched alkanes of at least 4 members (excludes halogenated alkanes) is 2. The number of ketones is 1. The molecule has 5 nitrogen and oxygen atoms in total. The first-order valence-corrected chi connectivity index (χ1v) is 11.3. The molecule has 27 heavy (non-hydrogen) atoms.